The number of rotatable bonds is 7. The van der Waals surface area contributed by atoms with E-state index in [1.165, 1.54) is 12.5 Å². The monoisotopic (exact) mass is 281 g/mol. The second-order valence-corrected chi connectivity index (χ2v) is 5.90. The molecule has 1 rings (SSSR count). The number of hydrogen-bond acceptors (Lipinski definition) is 3. The minimum absolute atomic E-state index is 0.304. The van der Waals surface area contributed by atoms with Crippen LogP contribution in [0.15, 0.2) is 30.3 Å². The molecule has 2 atom stereocenters. The molecule has 1 amide bonds. The summed E-state index contributed by atoms with van der Waals surface area (Å²) < 4.78 is 0. The summed E-state index contributed by atoms with van der Waals surface area (Å²) in [7, 11) is 0. The average molecular weight is 281 g/mol. The maximum Gasteiger partial charge on any atom is 0.327 e. The van der Waals surface area contributed by atoms with Crippen molar-refractivity contribution in [2.45, 2.75) is 31.6 Å². The number of carbonyl (C=O) groups is 2. The van der Waals surface area contributed by atoms with Crippen molar-refractivity contribution in [1.82, 2.24) is 5.32 Å². The fourth-order valence-electron chi connectivity index (χ4n) is 1.69. The molecule has 2 N–H and O–H groups in total. The zero-order chi connectivity index (χ0) is 14.3. The number of carboxylic acid groups (broad SMARTS) is 1. The fraction of sp³-hybridized carbons (Fsp3) is 0.429. The SMILES string of the molecule is CC(=O)N[C@@H](CSC(C)Cc1ccccc1)C(=O)O. The first-order valence-corrected chi connectivity index (χ1v) is 7.19. The van der Waals surface area contributed by atoms with Crippen molar-refractivity contribution in [3.05, 3.63) is 35.9 Å². The number of hydrogen-bond donors (Lipinski definition) is 2. The topological polar surface area (TPSA) is 66.4 Å². The summed E-state index contributed by atoms with van der Waals surface area (Å²) in [6.45, 7) is 3.39. The molecule has 1 aromatic rings. The summed E-state index contributed by atoms with van der Waals surface area (Å²) in [6, 6.07) is 9.24. The third-order valence-corrected chi connectivity index (χ3v) is 3.85. The Morgan fingerprint density at radius 2 is 1.95 bits per heavy atom. The van der Waals surface area contributed by atoms with Crippen molar-refractivity contribution in [2.75, 3.05) is 5.75 Å². The van der Waals surface area contributed by atoms with Crippen LogP contribution in [-0.4, -0.2) is 34.0 Å². The number of benzene rings is 1. The van der Waals surface area contributed by atoms with Crippen molar-refractivity contribution >= 4 is 23.6 Å². The predicted molar refractivity (Wildman–Crippen MR) is 77.3 cm³/mol. The molecule has 0 fully saturated rings. The van der Waals surface area contributed by atoms with Crippen LogP contribution in [0.3, 0.4) is 0 Å². The molecule has 104 valence electrons. The summed E-state index contributed by atoms with van der Waals surface area (Å²) in [4.78, 5) is 21.9. The van der Waals surface area contributed by atoms with Crippen molar-refractivity contribution in [2.24, 2.45) is 0 Å². The Balaban J connectivity index is 2.41. The van der Waals surface area contributed by atoms with Crippen LogP contribution in [0.5, 0.6) is 0 Å². The molecule has 0 aliphatic rings. The Kier molecular flexibility index (Phi) is 6.42. The molecule has 19 heavy (non-hydrogen) atoms. The van der Waals surface area contributed by atoms with Gasteiger partial charge in [0.1, 0.15) is 6.04 Å². The van der Waals surface area contributed by atoms with Gasteiger partial charge in [-0.05, 0) is 12.0 Å². The third kappa shape index (κ3) is 6.29. The summed E-state index contributed by atoms with van der Waals surface area (Å²) in [5, 5.41) is 11.7. The van der Waals surface area contributed by atoms with Gasteiger partial charge in [-0.15, -0.1) is 0 Å². The predicted octanol–water partition coefficient (Wildman–Crippen LogP) is 1.94. The van der Waals surface area contributed by atoms with E-state index in [9.17, 15) is 9.59 Å². The summed E-state index contributed by atoms with van der Waals surface area (Å²) in [5.74, 6) is -0.929. The number of nitrogens with one attached hydrogen (secondary N) is 1. The van der Waals surface area contributed by atoms with Gasteiger partial charge >= 0.3 is 5.97 Å². The lowest BCUT2D eigenvalue weighted by molar-refractivity contribution is -0.140. The Morgan fingerprint density at radius 3 is 2.47 bits per heavy atom. The van der Waals surface area contributed by atoms with Crippen molar-refractivity contribution in [1.29, 1.82) is 0 Å². The van der Waals surface area contributed by atoms with Crippen LogP contribution in [0.25, 0.3) is 0 Å². The molecular formula is C14H19NO3S. The quantitative estimate of drug-likeness (QED) is 0.801. The largest absolute Gasteiger partial charge is 0.480 e. The summed E-state index contributed by atoms with van der Waals surface area (Å²) >= 11 is 1.55. The van der Waals surface area contributed by atoms with Crippen molar-refractivity contribution in [3.63, 3.8) is 0 Å². The van der Waals surface area contributed by atoms with Gasteiger partial charge in [0.05, 0.1) is 0 Å². The Morgan fingerprint density at radius 1 is 1.32 bits per heavy atom. The lowest BCUT2D eigenvalue weighted by Crippen LogP contribution is -2.41. The van der Waals surface area contributed by atoms with Crippen LogP contribution in [0.1, 0.15) is 19.4 Å². The lowest BCUT2D eigenvalue weighted by Gasteiger charge is -2.16. The van der Waals surface area contributed by atoms with E-state index < -0.39 is 12.0 Å². The molecule has 0 saturated heterocycles. The Hall–Kier alpha value is -1.49. The van der Waals surface area contributed by atoms with Crippen molar-refractivity contribution < 1.29 is 14.7 Å². The smallest absolute Gasteiger partial charge is 0.327 e. The van der Waals surface area contributed by atoms with E-state index in [2.05, 4.69) is 24.4 Å². The molecule has 0 radical (unpaired) electrons. The zero-order valence-corrected chi connectivity index (χ0v) is 11.9. The van der Waals surface area contributed by atoms with Gasteiger partial charge in [0, 0.05) is 17.9 Å². The molecule has 1 unspecified atom stereocenters. The highest BCUT2D eigenvalue weighted by Gasteiger charge is 2.19. The lowest BCUT2D eigenvalue weighted by atomic mass is 10.1. The van der Waals surface area contributed by atoms with Gasteiger partial charge in [0.25, 0.3) is 0 Å². The first-order chi connectivity index (χ1) is 8.99. The number of carboxylic acids is 1. The van der Waals surface area contributed by atoms with Gasteiger partial charge in [-0.2, -0.15) is 11.8 Å². The molecule has 0 aliphatic carbocycles. The average Bonchev–Trinajstić information content (AvgIpc) is 2.35. The zero-order valence-electron chi connectivity index (χ0n) is 11.1. The summed E-state index contributed by atoms with van der Waals surface area (Å²) in [6.07, 6.45) is 0.887. The van der Waals surface area contributed by atoms with Gasteiger partial charge in [-0.1, -0.05) is 37.3 Å². The molecular weight excluding hydrogens is 262 g/mol. The molecule has 0 aliphatic heterocycles. The first kappa shape index (κ1) is 15.6. The van der Waals surface area contributed by atoms with Crippen LogP contribution in [0.4, 0.5) is 0 Å². The molecule has 5 heteroatoms. The second kappa shape index (κ2) is 7.84. The fourth-order valence-corrected chi connectivity index (χ4v) is 2.74. The maximum absolute atomic E-state index is 11.0. The van der Waals surface area contributed by atoms with E-state index in [1.807, 2.05) is 18.2 Å². The van der Waals surface area contributed by atoms with Crippen LogP contribution in [-0.2, 0) is 16.0 Å². The maximum atomic E-state index is 11.0. The third-order valence-electron chi connectivity index (χ3n) is 2.59. The molecule has 0 heterocycles. The minimum Gasteiger partial charge on any atom is -0.480 e. The molecule has 0 aromatic heterocycles. The van der Waals surface area contributed by atoms with Crippen LogP contribution in [0.2, 0.25) is 0 Å². The highest BCUT2D eigenvalue weighted by molar-refractivity contribution is 7.99. The van der Waals surface area contributed by atoms with E-state index in [4.69, 9.17) is 5.11 Å². The van der Waals surface area contributed by atoms with Crippen LogP contribution < -0.4 is 5.32 Å². The van der Waals surface area contributed by atoms with E-state index in [0.717, 1.165) is 6.42 Å². The highest BCUT2D eigenvalue weighted by Crippen LogP contribution is 2.17. The number of amides is 1. The van der Waals surface area contributed by atoms with Gasteiger partial charge < -0.3 is 10.4 Å². The van der Waals surface area contributed by atoms with E-state index in [1.54, 1.807) is 11.8 Å². The van der Waals surface area contributed by atoms with Crippen molar-refractivity contribution in [3.8, 4) is 0 Å². The van der Waals surface area contributed by atoms with Crippen LogP contribution in [0, 0.1) is 0 Å². The minimum atomic E-state index is -0.991. The second-order valence-electron chi connectivity index (χ2n) is 4.43. The van der Waals surface area contributed by atoms with E-state index >= 15 is 0 Å². The summed E-state index contributed by atoms with van der Waals surface area (Å²) in [5.41, 5.74) is 1.23. The number of carbonyl (C=O) groups excluding carboxylic acids is 1. The molecule has 4 nitrogen and oxygen atoms in total. The highest BCUT2D eigenvalue weighted by atomic mass is 32.2. The molecule has 0 saturated carbocycles. The molecule has 0 bridgehead atoms. The standard InChI is InChI=1S/C14H19NO3S/c1-10(8-12-6-4-3-5-7-12)19-9-13(14(17)18)15-11(2)16/h3-7,10,13H,8-9H2,1-2H3,(H,15,16)(H,17,18)/t10?,13-/m0/s1. The number of aliphatic carboxylic acids is 1. The Bertz CT molecular complexity index is 422. The van der Waals surface area contributed by atoms with Gasteiger partial charge in [0.2, 0.25) is 5.91 Å². The van der Waals surface area contributed by atoms with E-state index in [-0.39, 0.29) is 5.91 Å². The number of thioether (sulfide) groups is 1. The molecule has 1 aromatic carbocycles. The Labute approximate surface area is 117 Å². The normalized spacial score (nSPS) is 13.6. The first-order valence-electron chi connectivity index (χ1n) is 6.14. The van der Waals surface area contributed by atoms with Crippen LogP contribution >= 0.6 is 11.8 Å². The van der Waals surface area contributed by atoms with Gasteiger partial charge in [-0.25, -0.2) is 4.79 Å². The van der Waals surface area contributed by atoms with Gasteiger partial charge in [-0.3, -0.25) is 4.79 Å². The van der Waals surface area contributed by atoms with Gasteiger partial charge in [0.15, 0.2) is 0 Å². The molecule has 0 spiro atoms. The van der Waals surface area contributed by atoms with E-state index in [0.29, 0.717) is 11.0 Å².